The van der Waals surface area contributed by atoms with Crippen molar-refractivity contribution in [1.82, 2.24) is 9.55 Å². The summed E-state index contributed by atoms with van der Waals surface area (Å²) in [6.45, 7) is 3.21. The van der Waals surface area contributed by atoms with E-state index in [1.165, 1.54) is 0 Å². The van der Waals surface area contributed by atoms with Crippen molar-refractivity contribution >= 4 is 17.3 Å². The van der Waals surface area contributed by atoms with Crippen LogP contribution in [0.4, 0.5) is 5.69 Å². The SMILES string of the molecule is Cc1nccn1CCOc1cc(N)ccc1Cl. The number of hydrogen-bond donors (Lipinski definition) is 1. The lowest BCUT2D eigenvalue weighted by Crippen LogP contribution is -2.09. The first-order valence-corrected chi connectivity index (χ1v) is 5.70. The van der Waals surface area contributed by atoms with Gasteiger partial charge in [-0.2, -0.15) is 0 Å². The maximum absolute atomic E-state index is 5.99. The molecule has 0 atom stereocenters. The maximum Gasteiger partial charge on any atom is 0.140 e. The summed E-state index contributed by atoms with van der Waals surface area (Å²) in [6, 6.07) is 5.20. The Hall–Kier alpha value is -1.68. The molecule has 2 rings (SSSR count). The average Bonchev–Trinajstić information content (AvgIpc) is 2.70. The van der Waals surface area contributed by atoms with Gasteiger partial charge in [0.1, 0.15) is 18.2 Å². The number of benzene rings is 1. The Balaban J connectivity index is 1.94. The molecular formula is C12H14ClN3O. The lowest BCUT2D eigenvalue weighted by molar-refractivity contribution is 0.297. The topological polar surface area (TPSA) is 53.1 Å². The standard InChI is InChI=1S/C12H14ClN3O/c1-9-15-4-5-16(9)6-7-17-12-8-10(14)2-3-11(12)13/h2-5,8H,6-7,14H2,1H3. The van der Waals surface area contributed by atoms with Crippen molar-refractivity contribution < 1.29 is 4.74 Å². The third-order valence-corrected chi connectivity index (χ3v) is 2.78. The summed E-state index contributed by atoms with van der Waals surface area (Å²) in [5.74, 6) is 1.58. The highest BCUT2D eigenvalue weighted by molar-refractivity contribution is 6.32. The Morgan fingerprint density at radius 1 is 1.47 bits per heavy atom. The molecule has 4 nitrogen and oxygen atoms in total. The smallest absolute Gasteiger partial charge is 0.140 e. The Morgan fingerprint density at radius 3 is 3.00 bits per heavy atom. The minimum absolute atomic E-state index is 0.528. The predicted molar refractivity (Wildman–Crippen MR) is 68.3 cm³/mol. The number of nitrogen functional groups attached to an aromatic ring is 1. The van der Waals surface area contributed by atoms with Gasteiger partial charge < -0.3 is 15.0 Å². The highest BCUT2D eigenvalue weighted by atomic mass is 35.5. The van der Waals surface area contributed by atoms with Crippen LogP contribution < -0.4 is 10.5 Å². The summed E-state index contributed by atoms with van der Waals surface area (Å²) in [6.07, 6.45) is 3.68. The Labute approximate surface area is 105 Å². The summed E-state index contributed by atoms with van der Waals surface area (Å²) < 4.78 is 7.60. The molecular weight excluding hydrogens is 238 g/mol. The quantitative estimate of drug-likeness (QED) is 0.850. The van der Waals surface area contributed by atoms with Crippen LogP contribution in [0.5, 0.6) is 5.75 Å². The van der Waals surface area contributed by atoms with E-state index in [2.05, 4.69) is 4.98 Å². The molecule has 2 N–H and O–H groups in total. The highest BCUT2D eigenvalue weighted by Gasteiger charge is 2.02. The molecule has 0 spiro atoms. The van der Waals surface area contributed by atoms with Gasteiger partial charge in [0.15, 0.2) is 0 Å². The van der Waals surface area contributed by atoms with Crippen LogP contribution in [-0.2, 0) is 6.54 Å². The molecule has 0 aliphatic carbocycles. The van der Waals surface area contributed by atoms with Crippen molar-refractivity contribution in [2.45, 2.75) is 13.5 Å². The molecule has 1 heterocycles. The lowest BCUT2D eigenvalue weighted by atomic mass is 10.3. The molecule has 0 amide bonds. The first-order chi connectivity index (χ1) is 8.16. The number of nitrogens with two attached hydrogens (primary N) is 1. The molecule has 17 heavy (non-hydrogen) atoms. The molecule has 5 heteroatoms. The molecule has 2 aromatic rings. The number of anilines is 1. The molecule has 0 unspecified atom stereocenters. The average molecular weight is 252 g/mol. The van der Waals surface area contributed by atoms with Crippen LogP contribution in [0.1, 0.15) is 5.82 Å². The number of aromatic nitrogens is 2. The van der Waals surface area contributed by atoms with Gasteiger partial charge in [-0.25, -0.2) is 4.98 Å². The molecule has 0 saturated heterocycles. The zero-order chi connectivity index (χ0) is 12.3. The van der Waals surface area contributed by atoms with E-state index in [1.807, 2.05) is 17.7 Å². The van der Waals surface area contributed by atoms with Gasteiger partial charge in [0, 0.05) is 24.1 Å². The fraction of sp³-hybridized carbons (Fsp3) is 0.250. The molecule has 0 bridgehead atoms. The largest absolute Gasteiger partial charge is 0.490 e. The van der Waals surface area contributed by atoms with Crippen LogP contribution >= 0.6 is 11.6 Å². The Bertz CT molecular complexity index is 510. The maximum atomic E-state index is 5.99. The Morgan fingerprint density at radius 2 is 2.29 bits per heavy atom. The second-order valence-corrected chi connectivity index (χ2v) is 4.11. The number of imidazole rings is 1. The van der Waals surface area contributed by atoms with Crippen molar-refractivity contribution in [3.05, 3.63) is 41.4 Å². The van der Waals surface area contributed by atoms with Crippen molar-refractivity contribution in [3.8, 4) is 5.75 Å². The van der Waals surface area contributed by atoms with Crippen LogP contribution in [-0.4, -0.2) is 16.2 Å². The third-order valence-electron chi connectivity index (χ3n) is 2.47. The van der Waals surface area contributed by atoms with Gasteiger partial charge in [-0.1, -0.05) is 11.6 Å². The van der Waals surface area contributed by atoms with Gasteiger partial charge in [-0.05, 0) is 19.1 Å². The molecule has 1 aromatic carbocycles. The molecule has 0 radical (unpaired) electrons. The van der Waals surface area contributed by atoms with Gasteiger partial charge in [-0.3, -0.25) is 0 Å². The summed E-state index contributed by atoms with van der Waals surface area (Å²) in [5, 5.41) is 0.571. The summed E-state index contributed by atoms with van der Waals surface area (Å²) in [4.78, 5) is 4.14. The summed E-state index contributed by atoms with van der Waals surface area (Å²) in [7, 11) is 0. The van der Waals surface area contributed by atoms with E-state index in [0.717, 1.165) is 12.4 Å². The fourth-order valence-electron chi connectivity index (χ4n) is 1.52. The van der Waals surface area contributed by atoms with E-state index in [4.69, 9.17) is 22.1 Å². The molecule has 0 fully saturated rings. The van der Waals surface area contributed by atoms with Gasteiger partial charge in [-0.15, -0.1) is 0 Å². The van der Waals surface area contributed by atoms with E-state index in [1.54, 1.807) is 24.4 Å². The summed E-state index contributed by atoms with van der Waals surface area (Å²) >= 11 is 5.99. The van der Waals surface area contributed by atoms with Gasteiger partial charge >= 0.3 is 0 Å². The highest BCUT2D eigenvalue weighted by Crippen LogP contribution is 2.26. The number of rotatable bonds is 4. The molecule has 0 aliphatic heterocycles. The van der Waals surface area contributed by atoms with Crippen LogP contribution in [0.15, 0.2) is 30.6 Å². The van der Waals surface area contributed by atoms with E-state index in [9.17, 15) is 0 Å². The minimum Gasteiger partial charge on any atom is -0.490 e. The predicted octanol–water partition coefficient (Wildman–Crippen LogP) is 2.51. The van der Waals surface area contributed by atoms with E-state index >= 15 is 0 Å². The van der Waals surface area contributed by atoms with Gasteiger partial charge in [0.2, 0.25) is 0 Å². The molecule has 1 aromatic heterocycles. The second kappa shape index (κ2) is 5.10. The third kappa shape index (κ3) is 2.91. The number of hydrogen-bond acceptors (Lipinski definition) is 3. The minimum atomic E-state index is 0.528. The number of halogens is 1. The van der Waals surface area contributed by atoms with Crippen LogP contribution in [0.2, 0.25) is 5.02 Å². The second-order valence-electron chi connectivity index (χ2n) is 3.71. The van der Waals surface area contributed by atoms with Crippen LogP contribution in [0.3, 0.4) is 0 Å². The number of ether oxygens (including phenoxy) is 1. The zero-order valence-electron chi connectivity index (χ0n) is 9.56. The first-order valence-electron chi connectivity index (χ1n) is 5.32. The fourth-order valence-corrected chi connectivity index (χ4v) is 1.70. The molecule has 0 saturated carbocycles. The van der Waals surface area contributed by atoms with Crippen molar-refractivity contribution in [2.24, 2.45) is 0 Å². The lowest BCUT2D eigenvalue weighted by Gasteiger charge is -2.09. The monoisotopic (exact) mass is 251 g/mol. The number of aryl methyl sites for hydroxylation is 1. The van der Waals surface area contributed by atoms with E-state index < -0.39 is 0 Å². The van der Waals surface area contributed by atoms with Crippen LogP contribution in [0.25, 0.3) is 0 Å². The van der Waals surface area contributed by atoms with Crippen molar-refractivity contribution in [2.75, 3.05) is 12.3 Å². The van der Waals surface area contributed by atoms with E-state index in [-0.39, 0.29) is 0 Å². The zero-order valence-corrected chi connectivity index (χ0v) is 10.3. The van der Waals surface area contributed by atoms with Crippen molar-refractivity contribution in [1.29, 1.82) is 0 Å². The van der Waals surface area contributed by atoms with Crippen LogP contribution in [0, 0.1) is 6.92 Å². The summed E-state index contributed by atoms with van der Waals surface area (Å²) in [5.41, 5.74) is 6.31. The number of nitrogens with zero attached hydrogens (tertiary/aromatic N) is 2. The first kappa shape index (κ1) is 11.8. The van der Waals surface area contributed by atoms with Gasteiger partial charge in [0.05, 0.1) is 11.6 Å². The van der Waals surface area contributed by atoms with E-state index in [0.29, 0.717) is 23.1 Å². The van der Waals surface area contributed by atoms with Gasteiger partial charge in [0.25, 0.3) is 0 Å². The molecule has 0 aliphatic rings. The normalized spacial score (nSPS) is 10.5. The van der Waals surface area contributed by atoms with Crippen molar-refractivity contribution in [3.63, 3.8) is 0 Å². The Kier molecular flexibility index (Phi) is 3.54. The molecule has 90 valence electrons.